The molecular formula is C22H20F3N3O6. The van der Waals surface area contributed by atoms with Crippen molar-refractivity contribution in [3.8, 4) is 34.3 Å². The lowest BCUT2D eigenvalue weighted by Crippen LogP contribution is -2.21. The summed E-state index contributed by atoms with van der Waals surface area (Å²) in [5.74, 6) is -1.01. The van der Waals surface area contributed by atoms with Gasteiger partial charge in [-0.2, -0.15) is 18.3 Å². The first-order chi connectivity index (χ1) is 16.0. The Hall–Kier alpha value is -4.22. The fraction of sp³-hybridized carbons (Fsp3) is 0.227. The number of carbonyl (C=O) groups is 1. The van der Waals surface area contributed by atoms with E-state index in [1.54, 1.807) is 38.6 Å². The van der Waals surface area contributed by atoms with Crippen LogP contribution in [0.2, 0.25) is 0 Å². The third-order valence-electron chi connectivity index (χ3n) is 4.97. The van der Waals surface area contributed by atoms with Crippen molar-refractivity contribution in [3.63, 3.8) is 0 Å². The fourth-order valence-electron chi connectivity index (χ4n) is 3.47. The minimum atomic E-state index is -5.08. The normalized spacial score (nSPS) is 11.1. The molecule has 3 N–H and O–H groups in total. The van der Waals surface area contributed by atoms with Crippen molar-refractivity contribution >= 4 is 27.8 Å². The summed E-state index contributed by atoms with van der Waals surface area (Å²) >= 11 is 0. The first-order valence-electron chi connectivity index (χ1n) is 9.59. The monoisotopic (exact) mass is 479 g/mol. The molecule has 12 heteroatoms. The van der Waals surface area contributed by atoms with Crippen LogP contribution in [0.4, 0.5) is 13.2 Å². The van der Waals surface area contributed by atoms with Crippen molar-refractivity contribution in [2.75, 3.05) is 21.3 Å². The van der Waals surface area contributed by atoms with E-state index in [0.717, 1.165) is 33.0 Å². The molecule has 0 saturated carbocycles. The molecule has 4 rings (SSSR count). The molecule has 2 aromatic carbocycles. The smallest absolute Gasteiger partial charge is 0.490 e. The molecule has 0 radical (unpaired) electrons. The number of rotatable bonds is 4. The second-order valence-corrected chi connectivity index (χ2v) is 6.94. The molecule has 0 unspecified atom stereocenters. The molecule has 0 amide bonds. The molecule has 0 fully saturated rings. The summed E-state index contributed by atoms with van der Waals surface area (Å²) in [6.07, 6.45) is -3.33. The number of aliphatic carboxylic acids is 1. The number of nitrogens with zero attached hydrogens (tertiary/aromatic N) is 2. The quantitative estimate of drug-likeness (QED) is 0.392. The Balaban J connectivity index is 0.000000406. The zero-order valence-corrected chi connectivity index (χ0v) is 18.4. The summed E-state index contributed by atoms with van der Waals surface area (Å²) in [5.41, 5.74) is 3.13. The number of aromatic amines is 1. The minimum absolute atomic E-state index is 0.0728. The van der Waals surface area contributed by atoms with Crippen molar-refractivity contribution in [2.24, 2.45) is 0 Å². The number of phenols is 1. The number of nitrogens with one attached hydrogen (secondary N) is 1. The predicted octanol–water partition coefficient (Wildman–Crippen LogP) is 4.45. The maximum absolute atomic E-state index is 10.6. The zero-order valence-electron chi connectivity index (χ0n) is 18.4. The molecular weight excluding hydrogens is 459 g/mol. The first-order valence-corrected chi connectivity index (χ1v) is 9.59. The van der Waals surface area contributed by atoms with Crippen LogP contribution < -0.4 is 14.2 Å². The van der Waals surface area contributed by atoms with Gasteiger partial charge in [0.05, 0.1) is 33.2 Å². The van der Waals surface area contributed by atoms with Crippen molar-refractivity contribution in [1.82, 2.24) is 15.2 Å². The van der Waals surface area contributed by atoms with Gasteiger partial charge in [0, 0.05) is 27.3 Å². The number of halogens is 3. The van der Waals surface area contributed by atoms with Crippen LogP contribution >= 0.6 is 0 Å². The van der Waals surface area contributed by atoms with Gasteiger partial charge in [0.25, 0.3) is 0 Å². The number of benzene rings is 2. The molecule has 180 valence electrons. The number of alkyl halides is 3. The molecule has 2 aromatic heterocycles. The first kappa shape index (κ1) is 24.4. The number of methoxy groups -OCH3 is 3. The number of fused-ring (bicyclic) bond motifs is 3. The third kappa shape index (κ3) is 4.47. The van der Waals surface area contributed by atoms with Crippen LogP contribution in [0.5, 0.6) is 23.0 Å². The highest BCUT2D eigenvalue weighted by molar-refractivity contribution is 6.12. The van der Waals surface area contributed by atoms with Crippen molar-refractivity contribution < 1.29 is 42.4 Å². The summed E-state index contributed by atoms with van der Waals surface area (Å²) in [6, 6.07) is 7.06. The molecule has 0 saturated heterocycles. The van der Waals surface area contributed by atoms with Crippen LogP contribution in [0.3, 0.4) is 0 Å². The Morgan fingerprint density at radius 2 is 1.68 bits per heavy atom. The summed E-state index contributed by atoms with van der Waals surface area (Å²) in [4.78, 5) is 13.7. The van der Waals surface area contributed by atoms with E-state index in [1.807, 2.05) is 13.0 Å². The van der Waals surface area contributed by atoms with Gasteiger partial charge in [0.1, 0.15) is 0 Å². The van der Waals surface area contributed by atoms with E-state index >= 15 is 0 Å². The predicted molar refractivity (Wildman–Crippen MR) is 117 cm³/mol. The van der Waals surface area contributed by atoms with Gasteiger partial charge < -0.3 is 24.4 Å². The Labute approximate surface area is 190 Å². The van der Waals surface area contributed by atoms with Crippen LogP contribution in [-0.2, 0) is 4.79 Å². The lowest BCUT2D eigenvalue weighted by atomic mass is 9.97. The summed E-state index contributed by atoms with van der Waals surface area (Å²) in [6.45, 7) is 1.98. The van der Waals surface area contributed by atoms with Gasteiger partial charge in [-0.05, 0) is 31.2 Å². The van der Waals surface area contributed by atoms with Gasteiger partial charge in [-0.1, -0.05) is 0 Å². The highest BCUT2D eigenvalue weighted by Gasteiger charge is 2.38. The van der Waals surface area contributed by atoms with E-state index in [1.165, 1.54) is 7.11 Å². The largest absolute Gasteiger partial charge is 0.504 e. The Kier molecular flexibility index (Phi) is 6.70. The van der Waals surface area contributed by atoms with Crippen molar-refractivity contribution in [3.05, 3.63) is 36.0 Å². The van der Waals surface area contributed by atoms with Crippen LogP contribution in [-0.4, -0.2) is 58.9 Å². The summed E-state index contributed by atoms with van der Waals surface area (Å²) in [7, 11) is 4.74. The number of hydrogen-bond acceptors (Lipinski definition) is 7. The molecule has 2 heterocycles. The van der Waals surface area contributed by atoms with Crippen LogP contribution in [0.15, 0.2) is 30.5 Å². The number of carboxylic acid groups (broad SMARTS) is 1. The SMILES string of the molecule is COc1cc(-c2nc3[nH]ncc3c3c(C)c(OC)c(OC)cc23)ccc1O.O=C(O)C(F)(F)F. The van der Waals surface area contributed by atoms with Crippen molar-refractivity contribution in [1.29, 1.82) is 0 Å². The lowest BCUT2D eigenvalue weighted by molar-refractivity contribution is -0.192. The van der Waals surface area contributed by atoms with Gasteiger partial charge in [-0.15, -0.1) is 0 Å². The molecule has 4 aromatic rings. The van der Waals surface area contributed by atoms with Gasteiger partial charge in [0.2, 0.25) is 0 Å². The fourth-order valence-corrected chi connectivity index (χ4v) is 3.47. The molecule has 0 aliphatic carbocycles. The number of H-pyrrole nitrogens is 1. The van der Waals surface area contributed by atoms with E-state index in [4.69, 9.17) is 29.1 Å². The molecule has 0 bridgehead atoms. The number of pyridine rings is 1. The lowest BCUT2D eigenvalue weighted by Gasteiger charge is -2.16. The number of aromatic hydroxyl groups is 1. The maximum Gasteiger partial charge on any atom is 0.490 e. The molecule has 0 aliphatic rings. The van der Waals surface area contributed by atoms with Gasteiger partial charge >= 0.3 is 12.1 Å². The van der Waals surface area contributed by atoms with Crippen molar-refractivity contribution in [2.45, 2.75) is 13.1 Å². The standard InChI is InChI=1S/C20H19N3O4.C2HF3O2/c1-10-17-12(8-16(26-3)19(10)27-4)18(22-20-13(17)9-21-23-20)11-5-6-14(24)15(7-11)25-2;3-2(4,5)1(6)7/h5-9,24H,1-4H3,(H,21,22,23);(H,6,7). The number of phenolic OH excluding ortho intramolecular Hbond substituents is 1. The van der Waals surface area contributed by atoms with Gasteiger partial charge in [-0.3, -0.25) is 5.10 Å². The van der Waals surface area contributed by atoms with Crippen LogP contribution in [0.25, 0.3) is 33.1 Å². The zero-order chi connectivity index (χ0) is 25.2. The Bertz CT molecular complexity index is 1370. The Morgan fingerprint density at radius 1 is 1.03 bits per heavy atom. The highest BCUT2D eigenvalue weighted by Crippen LogP contribution is 2.43. The van der Waals surface area contributed by atoms with Crippen LogP contribution in [0, 0.1) is 6.92 Å². The number of carboxylic acids is 1. The van der Waals surface area contributed by atoms with E-state index in [-0.39, 0.29) is 5.75 Å². The summed E-state index contributed by atoms with van der Waals surface area (Å²) in [5, 5.41) is 26.9. The maximum atomic E-state index is 10.6. The van der Waals surface area contributed by atoms with Crippen LogP contribution in [0.1, 0.15) is 5.56 Å². The summed E-state index contributed by atoms with van der Waals surface area (Å²) < 4.78 is 48.1. The van der Waals surface area contributed by atoms with E-state index in [2.05, 4.69) is 10.2 Å². The van der Waals surface area contributed by atoms with E-state index < -0.39 is 12.1 Å². The molecule has 0 aliphatic heterocycles. The highest BCUT2D eigenvalue weighted by atomic mass is 19.4. The average molecular weight is 479 g/mol. The average Bonchev–Trinajstić information content (AvgIpc) is 3.26. The van der Waals surface area contributed by atoms with Gasteiger partial charge in [-0.25, -0.2) is 9.78 Å². The minimum Gasteiger partial charge on any atom is -0.504 e. The topological polar surface area (TPSA) is 127 Å². The number of aromatic nitrogens is 3. The van der Waals surface area contributed by atoms with E-state index in [9.17, 15) is 18.3 Å². The Morgan fingerprint density at radius 3 is 2.24 bits per heavy atom. The molecule has 34 heavy (non-hydrogen) atoms. The van der Waals surface area contributed by atoms with E-state index in [0.29, 0.717) is 22.9 Å². The number of aryl methyl sites for hydroxylation is 1. The number of ether oxygens (including phenoxy) is 3. The van der Waals surface area contributed by atoms with Gasteiger partial charge in [0.15, 0.2) is 28.6 Å². The number of hydrogen-bond donors (Lipinski definition) is 3. The second-order valence-electron chi connectivity index (χ2n) is 6.94. The molecule has 0 spiro atoms. The molecule has 9 nitrogen and oxygen atoms in total. The third-order valence-corrected chi connectivity index (χ3v) is 4.97. The second kappa shape index (κ2) is 9.33. The molecule has 0 atom stereocenters.